The quantitative estimate of drug-likeness (QED) is 0.833. The summed E-state index contributed by atoms with van der Waals surface area (Å²) in [7, 11) is 0. The van der Waals surface area contributed by atoms with Crippen LogP contribution >= 0.6 is 23.8 Å². The molecular formula is C13H16ClN3OS. The molecule has 4 nitrogen and oxygen atoms in total. The van der Waals surface area contributed by atoms with E-state index in [2.05, 4.69) is 4.90 Å². The van der Waals surface area contributed by atoms with Crippen molar-refractivity contribution in [3.63, 3.8) is 0 Å². The fourth-order valence-corrected chi connectivity index (χ4v) is 2.72. The lowest BCUT2D eigenvalue weighted by Gasteiger charge is -2.33. The molecule has 0 aromatic heterocycles. The lowest BCUT2D eigenvalue weighted by molar-refractivity contribution is -0.122. The number of halogens is 1. The monoisotopic (exact) mass is 297 g/mol. The van der Waals surface area contributed by atoms with Crippen LogP contribution in [0.25, 0.3) is 0 Å². The number of thiocarbonyl (C=S) groups is 1. The molecule has 0 spiro atoms. The molecule has 1 amide bonds. The van der Waals surface area contributed by atoms with E-state index < -0.39 is 0 Å². The SMILES string of the molecule is NC(=O)C1CCN(c2cc(Cl)ccc2C(N)=S)CC1. The molecule has 0 unspecified atom stereocenters. The Labute approximate surface area is 122 Å². The minimum atomic E-state index is -0.222. The maximum absolute atomic E-state index is 11.2. The van der Waals surface area contributed by atoms with Crippen molar-refractivity contribution in [2.75, 3.05) is 18.0 Å². The lowest BCUT2D eigenvalue weighted by atomic mass is 9.95. The molecule has 0 radical (unpaired) electrons. The van der Waals surface area contributed by atoms with Crippen LogP contribution in [0.2, 0.25) is 5.02 Å². The summed E-state index contributed by atoms with van der Waals surface area (Å²) < 4.78 is 0. The fraction of sp³-hybridized carbons (Fsp3) is 0.385. The highest BCUT2D eigenvalue weighted by molar-refractivity contribution is 7.80. The number of hydrogen-bond acceptors (Lipinski definition) is 3. The Bertz CT molecular complexity index is 513. The number of nitrogens with two attached hydrogens (primary N) is 2. The van der Waals surface area contributed by atoms with Crippen molar-refractivity contribution in [2.24, 2.45) is 17.4 Å². The highest BCUT2D eigenvalue weighted by Crippen LogP contribution is 2.29. The van der Waals surface area contributed by atoms with Crippen LogP contribution in [-0.2, 0) is 4.79 Å². The number of anilines is 1. The second-order valence-electron chi connectivity index (χ2n) is 4.69. The van der Waals surface area contributed by atoms with Crippen LogP contribution < -0.4 is 16.4 Å². The van der Waals surface area contributed by atoms with Gasteiger partial charge in [0.15, 0.2) is 0 Å². The first-order valence-corrected chi connectivity index (χ1v) is 6.91. The van der Waals surface area contributed by atoms with Crippen molar-refractivity contribution in [2.45, 2.75) is 12.8 Å². The largest absolute Gasteiger partial charge is 0.389 e. The maximum Gasteiger partial charge on any atom is 0.220 e. The number of carbonyl (C=O) groups is 1. The van der Waals surface area contributed by atoms with E-state index in [1.807, 2.05) is 12.1 Å². The predicted octanol–water partition coefficient (Wildman–Crippen LogP) is 1.68. The number of hydrogen-bond donors (Lipinski definition) is 2. The lowest BCUT2D eigenvalue weighted by Crippen LogP contribution is -2.39. The van der Waals surface area contributed by atoms with E-state index in [1.54, 1.807) is 6.07 Å². The minimum Gasteiger partial charge on any atom is -0.389 e. The zero-order valence-electron chi connectivity index (χ0n) is 10.4. The molecule has 0 aliphatic carbocycles. The molecule has 1 heterocycles. The normalized spacial score (nSPS) is 16.4. The number of piperidine rings is 1. The Morgan fingerprint density at radius 2 is 1.95 bits per heavy atom. The molecule has 0 bridgehead atoms. The van der Waals surface area contributed by atoms with E-state index in [0.29, 0.717) is 10.0 Å². The topological polar surface area (TPSA) is 72.4 Å². The van der Waals surface area contributed by atoms with Crippen molar-refractivity contribution in [1.82, 2.24) is 0 Å². The second kappa shape index (κ2) is 5.75. The van der Waals surface area contributed by atoms with Gasteiger partial charge in [0.1, 0.15) is 4.99 Å². The molecule has 0 atom stereocenters. The van der Waals surface area contributed by atoms with Gasteiger partial charge < -0.3 is 16.4 Å². The van der Waals surface area contributed by atoms with Gasteiger partial charge in [-0.2, -0.15) is 0 Å². The highest BCUT2D eigenvalue weighted by atomic mass is 35.5. The zero-order valence-corrected chi connectivity index (χ0v) is 12.0. The molecule has 0 saturated carbocycles. The van der Waals surface area contributed by atoms with Gasteiger partial charge in [-0.3, -0.25) is 4.79 Å². The Kier molecular flexibility index (Phi) is 4.27. The van der Waals surface area contributed by atoms with E-state index in [0.717, 1.165) is 37.2 Å². The van der Waals surface area contributed by atoms with Crippen molar-refractivity contribution in [3.8, 4) is 0 Å². The van der Waals surface area contributed by atoms with E-state index in [9.17, 15) is 4.79 Å². The molecule has 1 saturated heterocycles. The van der Waals surface area contributed by atoms with E-state index in [1.165, 1.54) is 0 Å². The Balaban J connectivity index is 2.21. The van der Waals surface area contributed by atoms with Gasteiger partial charge in [0.25, 0.3) is 0 Å². The summed E-state index contributed by atoms with van der Waals surface area (Å²) in [5.74, 6) is -0.260. The third-order valence-electron chi connectivity index (χ3n) is 3.46. The molecule has 1 aliphatic heterocycles. The number of nitrogens with zero attached hydrogens (tertiary/aromatic N) is 1. The molecule has 1 aliphatic rings. The fourth-order valence-electron chi connectivity index (χ4n) is 2.38. The molecule has 1 aromatic carbocycles. The maximum atomic E-state index is 11.2. The Morgan fingerprint density at radius 3 is 2.47 bits per heavy atom. The van der Waals surface area contributed by atoms with Crippen LogP contribution in [0.15, 0.2) is 18.2 Å². The first-order chi connectivity index (χ1) is 8.99. The number of amides is 1. The summed E-state index contributed by atoms with van der Waals surface area (Å²) in [6.45, 7) is 1.51. The molecule has 6 heteroatoms. The van der Waals surface area contributed by atoms with Crippen molar-refractivity contribution >= 4 is 40.4 Å². The molecule has 19 heavy (non-hydrogen) atoms. The number of primary amides is 1. The van der Waals surface area contributed by atoms with E-state index >= 15 is 0 Å². The molecule has 1 aromatic rings. The number of carbonyl (C=O) groups excluding carboxylic acids is 1. The van der Waals surface area contributed by atoms with Crippen LogP contribution in [-0.4, -0.2) is 24.0 Å². The summed E-state index contributed by atoms with van der Waals surface area (Å²) >= 11 is 11.1. The Hall–Kier alpha value is -1.33. The summed E-state index contributed by atoms with van der Waals surface area (Å²) in [5, 5.41) is 0.645. The average molecular weight is 298 g/mol. The first kappa shape index (κ1) is 14.1. The summed E-state index contributed by atoms with van der Waals surface area (Å²) in [4.78, 5) is 13.7. The zero-order chi connectivity index (χ0) is 14.0. The van der Waals surface area contributed by atoms with Gasteiger partial charge >= 0.3 is 0 Å². The van der Waals surface area contributed by atoms with Crippen LogP contribution in [0, 0.1) is 5.92 Å². The van der Waals surface area contributed by atoms with E-state index in [4.69, 9.17) is 35.3 Å². The van der Waals surface area contributed by atoms with Crippen LogP contribution in [0.4, 0.5) is 5.69 Å². The van der Waals surface area contributed by atoms with Gasteiger partial charge in [0.2, 0.25) is 5.91 Å². The average Bonchev–Trinajstić information content (AvgIpc) is 2.38. The van der Waals surface area contributed by atoms with Crippen molar-refractivity contribution in [1.29, 1.82) is 0 Å². The summed E-state index contributed by atoms with van der Waals surface area (Å²) in [6, 6.07) is 5.47. The standard InChI is InChI=1S/C13H16ClN3OS/c14-9-1-2-10(13(16)19)11(7-9)17-5-3-8(4-6-17)12(15)18/h1-2,7-8H,3-6H2,(H2,15,18)(H2,16,19). The minimum absolute atomic E-state index is 0.0382. The van der Waals surface area contributed by atoms with Crippen LogP contribution in [0.3, 0.4) is 0 Å². The van der Waals surface area contributed by atoms with Gasteiger partial charge in [0.05, 0.1) is 0 Å². The second-order valence-corrected chi connectivity index (χ2v) is 5.57. The third kappa shape index (κ3) is 3.16. The Morgan fingerprint density at radius 1 is 1.32 bits per heavy atom. The molecule has 102 valence electrons. The predicted molar refractivity (Wildman–Crippen MR) is 81.5 cm³/mol. The first-order valence-electron chi connectivity index (χ1n) is 6.12. The molecular weight excluding hydrogens is 282 g/mol. The molecule has 2 rings (SSSR count). The number of rotatable bonds is 3. The molecule has 1 fully saturated rings. The van der Waals surface area contributed by atoms with Crippen LogP contribution in [0.1, 0.15) is 18.4 Å². The molecule has 4 N–H and O–H groups in total. The van der Waals surface area contributed by atoms with Gasteiger partial charge in [-0.15, -0.1) is 0 Å². The smallest absolute Gasteiger partial charge is 0.220 e. The van der Waals surface area contributed by atoms with Crippen LogP contribution in [0.5, 0.6) is 0 Å². The van der Waals surface area contributed by atoms with Crippen molar-refractivity contribution < 1.29 is 4.79 Å². The third-order valence-corrected chi connectivity index (χ3v) is 3.92. The van der Waals surface area contributed by atoms with Crippen molar-refractivity contribution in [3.05, 3.63) is 28.8 Å². The van der Waals surface area contributed by atoms with Gasteiger partial charge in [0, 0.05) is 35.3 Å². The summed E-state index contributed by atoms with van der Waals surface area (Å²) in [6.07, 6.45) is 1.50. The summed E-state index contributed by atoms with van der Waals surface area (Å²) in [5.41, 5.74) is 12.8. The highest BCUT2D eigenvalue weighted by Gasteiger charge is 2.24. The number of benzene rings is 1. The van der Waals surface area contributed by atoms with E-state index in [-0.39, 0.29) is 11.8 Å². The van der Waals surface area contributed by atoms with Gasteiger partial charge in [-0.25, -0.2) is 0 Å². The van der Waals surface area contributed by atoms with Gasteiger partial charge in [-0.1, -0.05) is 23.8 Å². The van der Waals surface area contributed by atoms with Gasteiger partial charge in [-0.05, 0) is 31.0 Å².